The SMILES string of the molecule is CCO[Si](C)(CCC(N1CCOCC1)N1CCOCC1)OCC. The monoisotopic (exact) mass is 346 g/mol. The third kappa shape index (κ3) is 6.08. The molecule has 0 bridgehead atoms. The molecule has 0 atom stereocenters. The van der Waals surface area contributed by atoms with Gasteiger partial charge in [0.2, 0.25) is 0 Å². The molecule has 136 valence electrons. The van der Waals surface area contributed by atoms with Crippen LogP contribution >= 0.6 is 0 Å². The van der Waals surface area contributed by atoms with Gasteiger partial charge in [0.1, 0.15) is 0 Å². The van der Waals surface area contributed by atoms with Crippen LogP contribution in [0, 0.1) is 0 Å². The number of ether oxygens (including phenoxy) is 2. The largest absolute Gasteiger partial charge is 0.395 e. The van der Waals surface area contributed by atoms with Gasteiger partial charge in [0.05, 0.1) is 32.6 Å². The van der Waals surface area contributed by atoms with Crippen LogP contribution in [0.5, 0.6) is 0 Å². The maximum absolute atomic E-state index is 6.03. The van der Waals surface area contributed by atoms with Gasteiger partial charge in [-0.2, -0.15) is 0 Å². The van der Waals surface area contributed by atoms with E-state index in [9.17, 15) is 0 Å². The van der Waals surface area contributed by atoms with E-state index in [0.717, 1.165) is 78.3 Å². The maximum Gasteiger partial charge on any atom is 0.335 e. The molecule has 0 saturated carbocycles. The van der Waals surface area contributed by atoms with Crippen LogP contribution in [0.3, 0.4) is 0 Å². The van der Waals surface area contributed by atoms with Crippen LogP contribution < -0.4 is 0 Å². The summed E-state index contributed by atoms with van der Waals surface area (Å²) in [4.78, 5) is 5.14. The van der Waals surface area contributed by atoms with Gasteiger partial charge in [-0.05, 0) is 32.9 Å². The molecule has 2 aliphatic heterocycles. The summed E-state index contributed by atoms with van der Waals surface area (Å²) in [6.45, 7) is 15.2. The summed E-state index contributed by atoms with van der Waals surface area (Å²) in [5.41, 5.74) is 0. The van der Waals surface area contributed by atoms with Gasteiger partial charge in [-0.25, -0.2) is 0 Å². The highest BCUT2D eigenvalue weighted by Crippen LogP contribution is 2.23. The molecule has 7 heteroatoms. The zero-order valence-corrected chi connectivity index (χ0v) is 16.1. The Kier molecular flexibility index (Phi) is 8.46. The molecule has 2 rings (SSSR count). The van der Waals surface area contributed by atoms with Crippen LogP contribution in [0.25, 0.3) is 0 Å². The Balaban J connectivity index is 1.97. The highest BCUT2D eigenvalue weighted by Gasteiger charge is 2.35. The highest BCUT2D eigenvalue weighted by molar-refractivity contribution is 6.66. The average molecular weight is 347 g/mol. The molecular weight excluding hydrogens is 312 g/mol. The summed E-state index contributed by atoms with van der Waals surface area (Å²) >= 11 is 0. The van der Waals surface area contributed by atoms with E-state index in [1.54, 1.807) is 0 Å². The van der Waals surface area contributed by atoms with E-state index in [1.165, 1.54) is 0 Å². The maximum atomic E-state index is 6.03. The van der Waals surface area contributed by atoms with Gasteiger partial charge in [-0.1, -0.05) is 0 Å². The summed E-state index contributed by atoms with van der Waals surface area (Å²) in [6, 6.07) is 1.04. The fourth-order valence-electron chi connectivity index (χ4n) is 3.54. The van der Waals surface area contributed by atoms with Crippen molar-refractivity contribution in [2.24, 2.45) is 0 Å². The zero-order chi connectivity index (χ0) is 16.5. The van der Waals surface area contributed by atoms with Crippen molar-refractivity contribution >= 4 is 8.56 Å². The molecule has 0 aliphatic carbocycles. The van der Waals surface area contributed by atoms with E-state index in [2.05, 4.69) is 30.2 Å². The zero-order valence-electron chi connectivity index (χ0n) is 15.1. The number of hydrogen-bond acceptors (Lipinski definition) is 6. The minimum atomic E-state index is -2.06. The van der Waals surface area contributed by atoms with E-state index in [1.807, 2.05) is 0 Å². The van der Waals surface area contributed by atoms with E-state index in [4.69, 9.17) is 18.3 Å². The lowest BCUT2D eigenvalue weighted by Gasteiger charge is -2.43. The second-order valence-electron chi connectivity index (χ2n) is 6.32. The molecule has 2 fully saturated rings. The molecule has 0 aromatic rings. The first kappa shape index (κ1) is 19.3. The molecular formula is C16H34N2O4Si. The van der Waals surface area contributed by atoms with Gasteiger partial charge in [-0.15, -0.1) is 0 Å². The van der Waals surface area contributed by atoms with Crippen LogP contribution in [0.4, 0.5) is 0 Å². The average Bonchev–Trinajstić information content (AvgIpc) is 2.57. The smallest absolute Gasteiger partial charge is 0.335 e. The normalized spacial score (nSPS) is 21.9. The summed E-state index contributed by atoms with van der Waals surface area (Å²) in [5, 5.41) is 0. The third-order valence-electron chi connectivity index (χ3n) is 4.69. The Hall–Kier alpha value is -0.0231. The van der Waals surface area contributed by atoms with Gasteiger partial charge in [0.15, 0.2) is 0 Å². The van der Waals surface area contributed by atoms with Crippen molar-refractivity contribution in [2.75, 3.05) is 65.8 Å². The number of hydrogen-bond donors (Lipinski definition) is 0. The van der Waals surface area contributed by atoms with Crippen LogP contribution in [0.15, 0.2) is 0 Å². The van der Waals surface area contributed by atoms with Crippen molar-refractivity contribution in [3.8, 4) is 0 Å². The van der Waals surface area contributed by atoms with Crippen molar-refractivity contribution in [3.05, 3.63) is 0 Å². The molecule has 2 saturated heterocycles. The topological polar surface area (TPSA) is 43.4 Å². The molecule has 0 aromatic heterocycles. The summed E-state index contributed by atoms with van der Waals surface area (Å²) in [6.07, 6.45) is 1.55. The fourth-order valence-corrected chi connectivity index (χ4v) is 5.91. The Labute approximate surface area is 142 Å². The summed E-state index contributed by atoms with van der Waals surface area (Å²) in [7, 11) is -2.06. The van der Waals surface area contributed by atoms with Crippen LogP contribution in [-0.4, -0.2) is 90.3 Å². The lowest BCUT2D eigenvalue weighted by Crippen LogP contribution is -2.56. The van der Waals surface area contributed by atoms with E-state index in [0.29, 0.717) is 6.17 Å². The van der Waals surface area contributed by atoms with Crippen molar-refractivity contribution in [1.29, 1.82) is 0 Å². The molecule has 0 aromatic carbocycles. The van der Waals surface area contributed by atoms with Gasteiger partial charge in [0, 0.05) is 39.4 Å². The van der Waals surface area contributed by atoms with Crippen LogP contribution in [-0.2, 0) is 18.3 Å². The minimum absolute atomic E-state index is 0.454. The standard InChI is InChI=1S/C16H34N2O4Si/c1-4-21-23(3,22-5-2)15-6-16(17-7-11-19-12-8-17)18-9-13-20-14-10-18/h16H,4-15H2,1-3H3. The molecule has 6 nitrogen and oxygen atoms in total. The molecule has 0 unspecified atom stereocenters. The molecule has 0 N–H and O–H groups in total. The van der Waals surface area contributed by atoms with Crippen molar-refractivity contribution < 1.29 is 18.3 Å². The second-order valence-corrected chi connectivity index (χ2v) is 9.66. The Morgan fingerprint density at radius 2 is 1.30 bits per heavy atom. The minimum Gasteiger partial charge on any atom is -0.395 e. The molecule has 0 radical (unpaired) electrons. The number of nitrogens with zero attached hydrogens (tertiary/aromatic N) is 2. The number of morpholine rings is 2. The van der Waals surface area contributed by atoms with E-state index >= 15 is 0 Å². The first-order valence-corrected chi connectivity index (χ1v) is 11.6. The highest BCUT2D eigenvalue weighted by atomic mass is 28.4. The predicted octanol–water partition coefficient (Wildman–Crippen LogP) is 1.51. The lowest BCUT2D eigenvalue weighted by molar-refractivity contribution is -0.0674. The Bertz CT molecular complexity index is 299. The van der Waals surface area contributed by atoms with E-state index < -0.39 is 8.56 Å². The fraction of sp³-hybridized carbons (Fsp3) is 1.00. The predicted molar refractivity (Wildman–Crippen MR) is 92.9 cm³/mol. The first-order valence-electron chi connectivity index (χ1n) is 9.10. The van der Waals surface area contributed by atoms with Crippen LogP contribution in [0.1, 0.15) is 20.3 Å². The van der Waals surface area contributed by atoms with Crippen molar-refractivity contribution in [2.45, 2.75) is 39.0 Å². The summed E-state index contributed by atoms with van der Waals surface area (Å²) in [5.74, 6) is 0. The first-order chi connectivity index (χ1) is 11.2. The van der Waals surface area contributed by atoms with E-state index in [-0.39, 0.29) is 0 Å². The number of rotatable bonds is 9. The summed E-state index contributed by atoms with van der Waals surface area (Å²) < 4.78 is 23.1. The van der Waals surface area contributed by atoms with Crippen molar-refractivity contribution in [3.63, 3.8) is 0 Å². The quantitative estimate of drug-likeness (QED) is 0.590. The lowest BCUT2D eigenvalue weighted by atomic mass is 10.2. The molecule has 0 spiro atoms. The molecule has 2 aliphatic rings. The van der Waals surface area contributed by atoms with Gasteiger partial charge in [0.25, 0.3) is 0 Å². The third-order valence-corrected chi connectivity index (χ3v) is 7.69. The second kappa shape index (κ2) is 10.1. The van der Waals surface area contributed by atoms with Gasteiger partial charge < -0.3 is 18.3 Å². The van der Waals surface area contributed by atoms with Crippen LogP contribution in [0.2, 0.25) is 12.6 Å². The molecule has 23 heavy (non-hydrogen) atoms. The molecule has 2 heterocycles. The molecule has 0 amide bonds. The van der Waals surface area contributed by atoms with Gasteiger partial charge in [-0.3, -0.25) is 9.80 Å². The Morgan fingerprint density at radius 3 is 1.70 bits per heavy atom. The van der Waals surface area contributed by atoms with Gasteiger partial charge >= 0.3 is 8.56 Å². The Morgan fingerprint density at radius 1 is 0.870 bits per heavy atom. The van der Waals surface area contributed by atoms with Crippen molar-refractivity contribution in [1.82, 2.24) is 9.80 Å².